The molecule has 2 N–H and O–H groups in total. The molecule has 0 atom stereocenters. The summed E-state index contributed by atoms with van der Waals surface area (Å²) in [6, 6.07) is 10.0. The van der Waals surface area contributed by atoms with Gasteiger partial charge in [-0.2, -0.15) is 0 Å². The smallest absolute Gasteiger partial charge is 0.220 e. The fraction of sp³-hybridized carbons (Fsp3) is 0.533. The lowest BCUT2D eigenvalue weighted by molar-refractivity contribution is -0.123. The van der Waals surface area contributed by atoms with Crippen LogP contribution in [0.2, 0.25) is 0 Å². The second kappa shape index (κ2) is 6.01. The number of carbonyl (C=O) groups is 1. The molecule has 98 valence electrons. The Bertz CT molecular complexity index is 383. The van der Waals surface area contributed by atoms with Crippen LogP contribution in [0.3, 0.4) is 0 Å². The van der Waals surface area contributed by atoms with E-state index in [1.165, 1.54) is 5.56 Å². The van der Waals surface area contributed by atoms with Gasteiger partial charge in [-0.25, -0.2) is 0 Å². The first kappa shape index (κ1) is 13.1. The zero-order chi connectivity index (χ0) is 12.8. The number of aliphatic hydroxyl groups is 1. The number of aliphatic hydroxyl groups excluding tert-OH is 1. The van der Waals surface area contributed by atoms with E-state index in [1.807, 2.05) is 30.3 Å². The second-order valence-electron chi connectivity index (χ2n) is 5.18. The lowest BCUT2D eigenvalue weighted by Gasteiger charge is -2.28. The Morgan fingerprint density at radius 3 is 2.50 bits per heavy atom. The zero-order valence-electron chi connectivity index (χ0n) is 10.7. The third kappa shape index (κ3) is 3.33. The highest BCUT2D eigenvalue weighted by Crippen LogP contribution is 2.29. The third-order valence-electron chi connectivity index (χ3n) is 3.75. The van der Waals surface area contributed by atoms with Crippen LogP contribution in [-0.2, 0) is 11.2 Å². The van der Waals surface area contributed by atoms with Crippen molar-refractivity contribution in [2.75, 3.05) is 6.61 Å². The lowest BCUT2D eigenvalue weighted by Crippen LogP contribution is -2.49. The minimum absolute atomic E-state index is 0.0507. The number of hydrogen-bond acceptors (Lipinski definition) is 2. The minimum Gasteiger partial charge on any atom is -0.394 e. The average molecular weight is 247 g/mol. The van der Waals surface area contributed by atoms with Crippen LogP contribution in [0.5, 0.6) is 0 Å². The van der Waals surface area contributed by atoms with Gasteiger partial charge in [-0.05, 0) is 24.8 Å². The van der Waals surface area contributed by atoms with E-state index in [0.717, 1.165) is 32.1 Å². The molecule has 0 bridgehead atoms. The Balaban J connectivity index is 1.82. The van der Waals surface area contributed by atoms with E-state index in [-0.39, 0.29) is 18.1 Å². The van der Waals surface area contributed by atoms with E-state index in [0.29, 0.717) is 6.42 Å². The molecule has 3 heteroatoms. The summed E-state index contributed by atoms with van der Waals surface area (Å²) in [7, 11) is 0. The molecule has 1 aromatic carbocycles. The Morgan fingerprint density at radius 1 is 1.22 bits per heavy atom. The fourth-order valence-electron chi connectivity index (χ4n) is 2.64. The maximum absolute atomic E-state index is 11.9. The van der Waals surface area contributed by atoms with Crippen molar-refractivity contribution in [1.29, 1.82) is 0 Å². The van der Waals surface area contributed by atoms with Crippen LogP contribution in [0.1, 0.15) is 37.7 Å². The van der Waals surface area contributed by atoms with Crippen LogP contribution in [0.4, 0.5) is 0 Å². The highest BCUT2D eigenvalue weighted by molar-refractivity contribution is 5.77. The number of amides is 1. The number of benzene rings is 1. The van der Waals surface area contributed by atoms with Crippen LogP contribution < -0.4 is 5.32 Å². The van der Waals surface area contributed by atoms with Crippen molar-refractivity contribution in [3.8, 4) is 0 Å². The molecular formula is C15H21NO2. The van der Waals surface area contributed by atoms with Crippen LogP contribution in [0.15, 0.2) is 30.3 Å². The Hall–Kier alpha value is -1.35. The summed E-state index contributed by atoms with van der Waals surface area (Å²) in [5.41, 5.74) is 0.838. The molecule has 3 nitrogen and oxygen atoms in total. The predicted molar refractivity (Wildman–Crippen MR) is 71.2 cm³/mol. The molecular weight excluding hydrogens is 226 g/mol. The van der Waals surface area contributed by atoms with Gasteiger partial charge in [-0.15, -0.1) is 0 Å². The maximum Gasteiger partial charge on any atom is 0.220 e. The summed E-state index contributed by atoms with van der Waals surface area (Å²) in [4.78, 5) is 11.9. The third-order valence-corrected chi connectivity index (χ3v) is 3.75. The van der Waals surface area contributed by atoms with Gasteiger partial charge in [-0.3, -0.25) is 4.79 Å². The van der Waals surface area contributed by atoms with E-state index in [9.17, 15) is 9.90 Å². The molecule has 0 heterocycles. The monoisotopic (exact) mass is 247 g/mol. The molecule has 1 amide bonds. The number of rotatable bonds is 5. The van der Waals surface area contributed by atoms with E-state index in [1.54, 1.807) is 0 Å². The molecule has 1 aliphatic rings. The predicted octanol–water partition coefficient (Wildman–Crippen LogP) is 2.04. The van der Waals surface area contributed by atoms with Crippen molar-refractivity contribution in [2.24, 2.45) is 0 Å². The molecule has 0 aromatic heterocycles. The Morgan fingerprint density at radius 2 is 1.89 bits per heavy atom. The quantitative estimate of drug-likeness (QED) is 0.836. The van der Waals surface area contributed by atoms with Gasteiger partial charge in [0.05, 0.1) is 12.1 Å². The highest BCUT2D eigenvalue weighted by Gasteiger charge is 2.34. The van der Waals surface area contributed by atoms with Gasteiger partial charge in [0, 0.05) is 6.42 Å². The van der Waals surface area contributed by atoms with Crippen molar-refractivity contribution in [3.05, 3.63) is 35.9 Å². The van der Waals surface area contributed by atoms with Gasteiger partial charge < -0.3 is 10.4 Å². The van der Waals surface area contributed by atoms with Gasteiger partial charge in [0.15, 0.2) is 0 Å². The van der Waals surface area contributed by atoms with E-state index in [4.69, 9.17) is 0 Å². The van der Waals surface area contributed by atoms with Crippen molar-refractivity contribution < 1.29 is 9.90 Å². The first-order chi connectivity index (χ1) is 8.74. The SMILES string of the molecule is O=C(CCc1ccccc1)NC1(CO)CCCC1. The molecule has 2 rings (SSSR count). The molecule has 1 fully saturated rings. The first-order valence-electron chi connectivity index (χ1n) is 6.70. The summed E-state index contributed by atoms with van der Waals surface area (Å²) in [5, 5.41) is 12.5. The van der Waals surface area contributed by atoms with Crippen molar-refractivity contribution >= 4 is 5.91 Å². The standard InChI is InChI=1S/C15H21NO2/c17-12-15(10-4-5-11-15)16-14(18)9-8-13-6-2-1-3-7-13/h1-3,6-7,17H,4-5,8-12H2,(H,16,18). The van der Waals surface area contributed by atoms with Crippen LogP contribution in [0, 0.1) is 0 Å². The van der Waals surface area contributed by atoms with Crippen molar-refractivity contribution in [2.45, 2.75) is 44.1 Å². The van der Waals surface area contributed by atoms with E-state index >= 15 is 0 Å². The van der Waals surface area contributed by atoms with Crippen LogP contribution in [-0.4, -0.2) is 23.2 Å². The Kier molecular flexibility index (Phi) is 4.37. The zero-order valence-corrected chi connectivity index (χ0v) is 10.7. The van der Waals surface area contributed by atoms with E-state index in [2.05, 4.69) is 5.32 Å². The van der Waals surface area contributed by atoms with Crippen LogP contribution in [0.25, 0.3) is 0 Å². The number of hydrogen-bond donors (Lipinski definition) is 2. The topological polar surface area (TPSA) is 49.3 Å². The molecule has 18 heavy (non-hydrogen) atoms. The molecule has 0 saturated heterocycles. The molecule has 0 aliphatic heterocycles. The van der Waals surface area contributed by atoms with Gasteiger partial charge in [-0.1, -0.05) is 43.2 Å². The summed E-state index contributed by atoms with van der Waals surface area (Å²) in [6.45, 7) is 0.0596. The van der Waals surface area contributed by atoms with E-state index < -0.39 is 0 Å². The lowest BCUT2D eigenvalue weighted by atomic mass is 9.98. The first-order valence-corrected chi connectivity index (χ1v) is 6.70. The van der Waals surface area contributed by atoms with Crippen LogP contribution >= 0.6 is 0 Å². The fourth-order valence-corrected chi connectivity index (χ4v) is 2.64. The largest absolute Gasteiger partial charge is 0.394 e. The van der Waals surface area contributed by atoms with Gasteiger partial charge >= 0.3 is 0 Å². The van der Waals surface area contributed by atoms with Crippen molar-refractivity contribution in [1.82, 2.24) is 5.32 Å². The van der Waals surface area contributed by atoms with Gasteiger partial charge in [0.25, 0.3) is 0 Å². The summed E-state index contributed by atoms with van der Waals surface area (Å²) >= 11 is 0. The number of carbonyl (C=O) groups excluding carboxylic acids is 1. The molecule has 1 aliphatic carbocycles. The van der Waals surface area contributed by atoms with Crippen molar-refractivity contribution in [3.63, 3.8) is 0 Å². The Labute approximate surface area is 108 Å². The minimum atomic E-state index is -0.340. The summed E-state index contributed by atoms with van der Waals surface area (Å²) < 4.78 is 0. The molecule has 1 saturated carbocycles. The number of nitrogens with one attached hydrogen (secondary N) is 1. The molecule has 0 spiro atoms. The number of aryl methyl sites for hydroxylation is 1. The highest BCUT2D eigenvalue weighted by atomic mass is 16.3. The second-order valence-corrected chi connectivity index (χ2v) is 5.18. The maximum atomic E-state index is 11.9. The molecule has 0 radical (unpaired) electrons. The normalized spacial score (nSPS) is 17.6. The summed E-state index contributed by atoms with van der Waals surface area (Å²) in [5.74, 6) is 0.0507. The molecule has 1 aromatic rings. The average Bonchev–Trinajstić information content (AvgIpc) is 2.87. The summed E-state index contributed by atoms with van der Waals surface area (Å²) in [6.07, 6.45) is 5.25. The van der Waals surface area contributed by atoms with Gasteiger partial charge in [0.1, 0.15) is 0 Å². The van der Waals surface area contributed by atoms with Gasteiger partial charge in [0.2, 0.25) is 5.91 Å². The molecule has 0 unspecified atom stereocenters.